The van der Waals surface area contributed by atoms with E-state index in [1.54, 1.807) is 6.07 Å². The van der Waals surface area contributed by atoms with Gasteiger partial charge in [-0.3, -0.25) is 4.79 Å². The summed E-state index contributed by atoms with van der Waals surface area (Å²) in [5.41, 5.74) is 3.51. The number of amides is 1. The highest BCUT2D eigenvalue weighted by atomic mass is 16.5. The van der Waals surface area contributed by atoms with Crippen molar-refractivity contribution in [3.05, 3.63) is 83.0 Å². The van der Waals surface area contributed by atoms with E-state index < -0.39 is 17.4 Å². The Kier molecular flexibility index (Phi) is 5.70. The minimum absolute atomic E-state index is 0.247. The molecule has 2 aromatic carbocycles. The van der Waals surface area contributed by atoms with Gasteiger partial charge in [0.25, 0.3) is 5.91 Å². The molecule has 6 heteroatoms. The van der Waals surface area contributed by atoms with Crippen LogP contribution in [0.3, 0.4) is 0 Å². The van der Waals surface area contributed by atoms with Gasteiger partial charge in [-0.1, -0.05) is 62.4 Å². The van der Waals surface area contributed by atoms with Crippen molar-refractivity contribution in [3.8, 4) is 17.0 Å². The van der Waals surface area contributed by atoms with E-state index in [-0.39, 0.29) is 18.4 Å². The van der Waals surface area contributed by atoms with Gasteiger partial charge in [0, 0.05) is 24.6 Å². The predicted octanol–water partition coefficient (Wildman–Crippen LogP) is 4.23. The smallest absolute Gasteiger partial charge is 0.330 e. The van der Waals surface area contributed by atoms with Gasteiger partial charge >= 0.3 is 5.97 Å². The average molecular weight is 431 g/mol. The molecule has 1 heterocycles. The quantitative estimate of drug-likeness (QED) is 0.611. The van der Waals surface area contributed by atoms with Crippen LogP contribution < -0.4 is 10.1 Å². The molecule has 0 bridgehead atoms. The second kappa shape index (κ2) is 8.46. The molecule has 3 aromatic rings. The molecule has 0 saturated heterocycles. The zero-order valence-electron chi connectivity index (χ0n) is 18.4. The third-order valence-electron chi connectivity index (χ3n) is 6.04. The lowest BCUT2D eigenvalue weighted by Crippen LogP contribution is -2.55. The Balaban J connectivity index is 1.67. The fourth-order valence-electron chi connectivity index (χ4n) is 4.21. The van der Waals surface area contributed by atoms with Gasteiger partial charge in [-0.05, 0) is 34.2 Å². The molecule has 2 N–H and O–H groups in total. The lowest BCUT2D eigenvalue weighted by Gasteiger charge is -2.25. The zero-order chi connectivity index (χ0) is 22.9. The van der Waals surface area contributed by atoms with Crippen molar-refractivity contribution in [1.29, 1.82) is 0 Å². The first-order valence-corrected chi connectivity index (χ1v) is 10.6. The van der Waals surface area contributed by atoms with Crippen LogP contribution in [0.1, 0.15) is 46.8 Å². The maximum atomic E-state index is 13.2. The molecule has 1 aliphatic carbocycles. The molecule has 32 heavy (non-hydrogen) atoms. The first-order chi connectivity index (χ1) is 15.3. The third-order valence-corrected chi connectivity index (χ3v) is 6.04. The van der Waals surface area contributed by atoms with Crippen LogP contribution in [0.25, 0.3) is 11.1 Å². The summed E-state index contributed by atoms with van der Waals surface area (Å²) in [5, 5.41) is 12.8. The highest BCUT2D eigenvalue weighted by molar-refractivity contribution is 5.99. The second-order valence-electron chi connectivity index (χ2n) is 8.52. The van der Waals surface area contributed by atoms with Crippen LogP contribution >= 0.6 is 0 Å². The number of aliphatic carboxylic acids is 1. The van der Waals surface area contributed by atoms with E-state index in [1.165, 1.54) is 13.3 Å². The molecule has 1 aliphatic rings. The number of nitrogens with one attached hydrogen (secondary N) is 1. The molecule has 0 unspecified atom stereocenters. The molecule has 164 valence electrons. The molecule has 0 fully saturated rings. The molecule has 1 amide bonds. The summed E-state index contributed by atoms with van der Waals surface area (Å²) in [4.78, 5) is 29.7. The number of hydrogen-bond donors (Lipinski definition) is 2. The Morgan fingerprint density at radius 3 is 2.34 bits per heavy atom. The minimum atomic E-state index is -1.38. The van der Waals surface area contributed by atoms with Gasteiger partial charge in [-0.15, -0.1) is 0 Å². The fraction of sp³-hybridized carbons (Fsp3) is 0.269. The van der Waals surface area contributed by atoms with Crippen molar-refractivity contribution in [1.82, 2.24) is 10.3 Å². The Morgan fingerprint density at radius 2 is 1.75 bits per heavy atom. The number of ether oxygens (including phenoxy) is 1. The van der Waals surface area contributed by atoms with Crippen LogP contribution in [-0.2, 0) is 17.6 Å². The normalized spacial score (nSPS) is 14.1. The maximum Gasteiger partial charge on any atom is 0.330 e. The van der Waals surface area contributed by atoms with Crippen LogP contribution in [-0.4, -0.2) is 34.6 Å². The number of rotatable bonds is 6. The van der Waals surface area contributed by atoms with Crippen LogP contribution in [0.2, 0.25) is 0 Å². The number of hydrogen-bond acceptors (Lipinski definition) is 4. The first-order valence-electron chi connectivity index (χ1n) is 10.6. The number of nitrogens with zero attached hydrogens (tertiary/aromatic N) is 1. The molecule has 0 spiro atoms. The fourth-order valence-corrected chi connectivity index (χ4v) is 4.21. The largest absolute Gasteiger partial charge is 0.481 e. The summed E-state index contributed by atoms with van der Waals surface area (Å²) in [7, 11) is 1.53. The monoisotopic (exact) mass is 430 g/mol. The number of fused-ring (bicyclic) bond motifs is 1. The zero-order valence-corrected chi connectivity index (χ0v) is 18.4. The second-order valence-corrected chi connectivity index (χ2v) is 8.52. The Hall–Kier alpha value is -3.67. The number of pyridine rings is 1. The summed E-state index contributed by atoms with van der Waals surface area (Å²) in [6, 6.07) is 17.3. The van der Waals surface area contributed by atoms with Gasteiger partial charge in [0.15, 0.2) is 0 Å². The maximum absolute atomic E-state index is 13.2. The van der Waals surface area contributed by atoms with E-state index in [0.29, 0.717) is 17.4 Å². The van der Waals surface area contributed by atoms with E-state index in [1.807, 2.05) is 36.4 Å². The first kappa shape index (κ1) is 21.6. The summed E-state index contributed by atoms with van der Waals surface area (Å²) in [5.74, 6) is -0.770. The van der Waals surface area contributed by atoms with Crippen molar-refractivity contribution in [2.45, 2.75) is 38.1 Å². The highest BCUT2D eigenvalue weighted by Crippen LogP contribution is 2.33. The molecule has 0 aliphatic heterocycles. The third kappa shape index (κ3) is 3.96. The van der Waals surface area contributed by atoms with E-state index in [4.69, 9.17) is 4.74 Å². The van der Waals surface area contributed by atoms with E-state index in [0.717, 1.165) is 22.3 Å². The van der Waals surface area contributed by atoms with E-state index in [9.17, 15) is 14.7 Å². The molecule has 1 aromatic heterocycles. The number of carboxylic acid groups (broad SMARTS) is 1. The van der Waals surface area contributed by atoms with Crippen molar-refractivity contribution in [2.24, 2.45) is 0 Å². The summed E-state index contributed by atoms with van der Waals surface area (Å²) in [6.07, 6.45) is 1.91. The SMILES string of the molecule is COc1ncc(C(=O)NC2(C(=O)O)Cc3ccccc3C2)cc1-c1cccc(C(C)C)c1. The van der Waals surface area contributed by atoms with E-state index in [2.05, 4.69) is 36.3 Å². The van der Waals surface area contributed by atoms with Gasteiger partial charge in [0.05, 0.1) is 12.7 Å². The number of benzene rings is 2. The number of methoxy groups -OCH3 is 1. The average Bonchev–Trinajstić information content (AvgIpc) is 3.18. The number of aromatic nitrogens is 1. The lowest BCUT2D eigenvalue weighted by molar-refractivity contribution is -0.144. The van der Waals surface area contributed by atoms with Gasteiger partial charge < -0.3 is 15.2 Å². The molecule has 0 saturated carbocycles. The van der Waals surface area contributed by atoms with Crippen molar-refractivity contribution < 1.29 is 19.4 Å². The summed E-state index contributed by atoms with van der Waals surface area (Å²) >= 11 is 0. The molecular weight excluding hydrogens is 404 g/mol. The van der Waals surface area contributed by atoms with E-state index >= 15 is 0 Å². The lowest BCUT2D eigenvalue weighted by atomic mass is 9.94. The Labute approximate surface area is 187 Å². The van der Waals surface area contributed by atoms with Crippen molar-refractivity contribution in [3.63, 3.8) is 0 Å². The number of carbonyl (C=O) groups is 2. The number of carboxylic acids is 1. The molecule has 0 radical (unpaired) electrons. The molecule has 4 rings (SSSR count). The van der Waals surface area contributed by atoms with Crippen molar-refractivity contribution >= 4 is 11.9 Å². The van der Waals surface area contributed by atoms with Crippen LogP contribution in [0.15, 0.2) is 60.8 Å². The Bertz CT molecular complexity index is 1160. The summed E-state index contributed by atoms with van der Waals surface area (Å²) < 4.78 is 5.43. The Morgan fingerprint density at radius 1 is 1.06 bits per heavy atom. The molecule has 6 nitrogen and oxygen atoms in total. The van der Waals surface area contributed by atoms with Crippen molar-refractivity contribution in [2.75, 3.05) is 7.11 Å². The summed E-state index contributed by atoms with van der Waals surface area (Å²) in [6.45, 7) is 4.23. The predicted molar refractivity (Wildman–Crippen MR) is 122 cm³/mol. The van der Waals surface area contributed by atoms with Crippen LogP contribution in [0, 0.1) is 0 Å². The van der Waals surface area contributed by atoms with Gasteiger partial charge in [-0.2, -0.15) is 0 Å². The topological polar surface area (TPSA) is 88.5 Å². The van der Waals surface area contributed by atoms with Gasteiger partial charge in [-0.25, -0.2) is 9.78 Å². The van der Waals surface area contributed by atoms with Gasteiger partial charge in [0.2, 0.25) is 5.88 Å². The highest BCUT2D eigenvalue weighted by Gasteiger charge is 2.45. The molecular formula is C26H26N2O4. The standard InChI is InChI=1S/C26H26N2O4/c1-16(2)17-9-6-10-18(11-17)22-12-21(15-27-24(22)32-3)23(29)28-26(25(30)31)13-19-7-4-5-8-20(19)14-26/h4-12,15-16H,13-14H2,1-3H3,(H,28,29)(H,30,31). The van der Waals surface area contributed by atoms with Crippen LogP contribution in [0.4, 0.5) is 0 Å². The number of carbonyl (C=O) groups excluding carboxylic acids is 1. The van der Waals surface area contributed by atoms with Gasteiger partial charge in [0.1, 0.15) is 5.54 Å². The molecule has 0 atom stereocenters. The minimum Gasteiger partial charge on any atom is -0.481 e. The van der Waals surface area contributed by atoms with Crippen LogP contribution in [0.5, 0.6) is 5.88 Å².